The van der Waals surface area contributed by atoms with Crippen molar-refractivity contribution in [2.75, 3.05) is 26.7 Å². The molecule has 1 amide bonds. The van der Waals surface area contributed by atoms with Crippen LogP contribution >= 0.6 is 0 Å². The Morgan fingerprint density at radius 1 is 1.12 bits per heavy atom. The number of rotatable bonds is 5. The molecule has 3 rings (SSSR count). The zero-order valence-electron chi connectivity index (χ0n) is 15.5. The number of benzene rings is 1. The molecule has 2 fully saturated rings. The van der Waals surface area contributed by atoms with Crippen molar-refractivity contribution in [3.05, 3.63) is 29.8 Å². The monoisotopic (exact) mass is 344 g/mol. The molecule has 2 aliphatic heterocycles. The zero-order chi connectivity index (χ0) is 17.5. The van der Waals surface area contributed by atoms with Gasteiger partial charge in [0.2, 0.25) is 5.91 Å². The summed E-state index contributed by atoms with van der Waals surface area (Å²) in [5.74, 6) is 1.94. The van der Waals surface area contributed by atoms with Crippen LogP contribution in [-0.2, 0) is 4.79 Å². The summed E-state index contributed by atoms with van der Waals surface area (Å²) in [6.07, 6.45) is 8.82. The third-order valence-corrected chi connectivity index (χ3v) is 5.80. The average Bonchev–Trinajstić information content (AvgIpc) is 2.93. The Labute approximate surface area is 151 Å². The first-order valence-corrected chi connectivity index (χ1v) is 9.92. The van der Waals surface area contributed by atoms with Gasteiger partial charge in [0, 0.05) is 13.0 Å². The number of carbonyl (C=O) groups excluding carboxylic acids is 1. The first kappa shape index (κ1) is 18.2. The summed E-state index contributed by atoms with van der Waals surface area (Å²) in [6.45, 7) is 3.12. The molecule has 1 atom stereocenters. The Bertz CT molecular complexity index is 537. The molecule has 0 bridgehead atoms. The molecule has 0 aromatic heterocycles. The van der Waals surface area contributed by atoms with Gasteiger partial charge in [0.25, 0.3) is 0 Å². The first-order chi connectivity index (χ1) is 12.3. The van der Waals surface area contributed by atoms with Crippen molar-refractivity contribution in [3.8, 4) is 5.75 Å². The second kappa shape index (κ2) is 9.23. The Morgan fingerprint density at radius 3 is 2.60 bits per heavy atom. The van der Waals surface area contributed by atoms with Gasteiger partial charge in [-0.25, -0.2) is 0 Å². The second-order valence-electron chi connectivity index (χ2n) is 7.46. The highest BCUT2D eigenvalue weighted by Crippen LogP contribution is 2.32. The lowest BCUT2D eigenvalue weighted by molar-refractivity contribution is -0.134. The van der Waals surface area contributed by atoms with E-state index in [2.05, 4.69) is 22.3 Å². The molecule has 2 saturated heterocycles. The summed E-state index contributed by atoms with van der Waals surface area (Å²) < 4.78 is 5.28. The van der Waals surface area contributed by atoms with Crippen molar-refractivity contribution < 1.29 is 9.53 Å². The van der Waals surface area contributed by atoms with Crippen LogP contribution in [0.3, 0.4) is 0 Å². The van der Waals surface area contributed by atoms with Gasteiger partial charge in [-0.05, 0) is 68.8 Å². The van der Waals surface area contributed by atoms with Gasteiger partial charge < -0.3 is 15.0 Å². The minimum atomic E-state index is 0.230. The fraction of sp³-hybridized carbons (Fsp3) is 0.667. The number of ether oxygens (including phenoxy) is 1. The van der Waals surface area contributed by atoms with Gasteiger partial charge in [-0.1, -0.05) is 25.0 Å². The third kappa shape index (κ3) is 4.97. The quantitative estimate of drug-likeness (QED) is 0.880. The molecule has 2 aliphatic rings. The van der Waals surface area contributed by atoms with Crippen LogP contribution in [0.2, 0.25) is 0 Å². The SMILES string of the molecule is COc1ccc(C2CCCCCN2C(=O)CCC2CCNCC2)cc1. The van der Waals surface area contributed by atoms with Gasteiger partial charge in [-0.3, -0.25) is 4.79 Å². The van der Waals surface area contributed by atoms with Gasteiger partial charge >= 0.3 is 0 Å². The Kier molecular flexibility index (Phi) is 6.74. The Hall–Kier alpha value is -1.55. The van der Waals surface area contributed by atoms with Crippen LogP contribution in [0, 0.1) is 5.92 Å². The van der Waals surface area contributed by atoms with Gasteiger partial charge in [-0.2, -0.15) is 0 Å². The highest BCUT2D eigenvalue weighted by molar-refractivity contribution is 5.76. The van der Waals surface area contributed by atoms with E-state index in [-0.39, 0.29) is 6.04 Å². The number of hydrogen-bond acceptors (Lipinski definition) is 3. The second-order valence-corrected chi connectivity index (χ2v) is 7.46. The van der Waals surface area contributed by atoms with E-state index in [1.807, 2.05) is 12.1 Å². The summed E-state index contributed by atoms with van der Waals surface area (Å²) in [6, 6.07) is 8.51. The van der Waals surface area contributed by atoms with Crippen LogP contribution in [0.5, 0.6) is 5.75 Å². The molecule has 138 valence electrons. The molecule has 0 spiro atoms. The normalized spacial score (nSPS) is 22.4. The minimum Gasteiger partial charge on any atom is -0.497 e. The molecule has 1 aromatic rings. The van der Waals surface area contributed by atoms with Crippen molar-refractivity contribution in [1.82, 2.24) is 10.2 Å². The van der Waals surface area contributed by atoms with E-state index in [1.54, 1.807) is 7.11 Å². The molecule has 4 nitrogen and oxygen atoms in total. The van der Waals surface area contributed by atoms with Crippen molar-refractivity contribution in [3.63, 3.8) is 0 Å². The van der Waals surface area contributed by atoms with Crippen molar-refractivity contribution in [2.24, 2.45) is 5.92 Å². The maximum absolute atomic E-state index is 13.0. The fourth-order valence-electron chi connectivity index (χ4n) is 4.22. The van der Waals surface area contributed by atoms with E-state index in [0.29, 0.717) is 12.3 Å². The summed E-state index contributed by atoms with van der Waals surface area (Å²) in [5, 5.41) is 3.41. The van der Waals surface area contributed by atoms with E-state index >= 15 is 0 Å². The maximum Gasteiger partial charge on any atom is 0.223 e. The number of nitrogens with one attached hydrogen (secondary N) is 1. The summed E-state index contributed by atoms with van der Waals surface area (Å²) in [5.41, 5.74) is 1.25. The van der Waals surface area contributed by atoms with Gasteiger partial charge in [-0.15, -0.1) is 0 Å². The van der Waals surface area contributed by atoms with E-state index in [9.17, 15) is 4.79 Å². The van der Waals surface area contributed by atoms with Gasteiger partial charge in [0.15, 0.2) is 0 Å². The van der Waals surface area contributed by atoms with Crippen molar-refractivity contribution in [2.45, 2.75) is 57.4 Å². The number of piperidine rings is 1. The van der Waals surface area contributed by atoms with Crippen LogP contribution < -0.4 is 10.1 Å². The minimum absolute atomic E-state index is 0.230. The molecule has 1 N–H and O–H groups in total. The topological polar surface area (TPSA) is 41.6 Å². The highest BCUT2D eigenvalue weighted by atomic mass is 16.5. The van der Waals surface area contributed by atoms with Crippen LogP contribution in [0.25, 0.3) is 0 Å². The number of carbonyl (C=O) groups is 1. The fourth-order valence-corrected chi connectivity index (χ4v) is 4.22. The molecular weight excluding hydrogens is 312 g/mol. The predicted octanol–water partition coefficient (Wildman–Crippen LogP) is 3.92. The predicted molar refractivity (Wildman–Crippen MR) is 101 cm³/mol. The van der Waals surface area contributed by atoms with E-state index in [4.69, 9.17) is 4.74 Å². The average molecular weight is 344 g/mol. The Balaban J connectivity index is 1.65. The molecular formula is C21H32N2O2. The zero-order valence-corrected chi connectivity index (χ0v) is 15.5. The van der Waals surface area contributed by atoms with Crippen molar-refractivity contribution in [1.29, 1.82) is 0 Å². The molecule has 25 heavy (non-hydrogen) atoms. The number of methoxy groups -OCH3 is 1. The summed E-state index contributed by atoms with van der Waals surface area (Å²) in [7, 11) is 1.69. The number of amides is 1. The standard InChI is InChI=1S/C21H32N2O2/c1-25-19-9-7-18(8-10-19)20-5-3-2-4-16-23(20)21(24)11-6-17-12-14-22-15-13-17/h7-10,17,20,22H,2-6,11-16H2,1H3. The van der Waals surface area contributed by atoms with Crippen LogP contribution in [0.15, 0.2) is 24.3 Å². The Morgan fingerprint density at radius 2 is 1.88 bits per heavy atom. The maximum atomic E-state index is 13.0. The highest BCUT2D eigenvalue weighted by Gasteiger charge is 2.27. The lowest BCUT2D eigenvalue weighted by atomic mass is 9.92. The molecule has 4 heteroatoms. The summed E-state index contributed by atoms with van der Waals surface area (Å²) in [4.78, 5) is 15.1. The number of hydrogen-bond donors (Lipinski definition) is 1. The molecule has 0 radical (unpaired) electrons. The number of likely N-dealkylation sites (tertiary alicyclic amines) is 1. The van der Waals surface area contributed by atoms with Crippen LogP contribution in [0.1, 0.15) is 63.0 Å². The number of nitrogens with zero attached hydrogens (tertiary/aromatic N) is 1. The van der Waals surface area contributed by atoms with E-state index in [1.165, 1.54) is 31.2 Å². The lowest BCUT2D eigenvalue weighted by Gasteiger charge is -2.31. The van der Waals surface area contributed by atoms with Gasteiger partial charge in [0.05, 0.1) is 13.2 Å². The molecule has 0 saturated carbocycles. The van der Waals surface area contributed by atoms with Crippen molar-refractivity contribution >= 4 is 5.91 Å². The summed E-state index contributed by atoms with van der Waals surface area (Å²) >= 11 is 0. The smallest absolute Gasteiger partial charge is 0.223 e. The molecule has 1 aromatic carbocycles. The third-order valence-electron chi connectivity index (χ3n) is 5.80. The molecule has 1 unspecified atom stereocenters. The van der Waals surface area contributed by atoms with Crippen LogP contribution in [0.4, 0.5) is 0 Å². The van der Waals surface area contributed by atoms with Crippen LogP contribution in [-0.4, -0.2) is 37.6 Å². The largest absolute Gasteiger partial charge is 0.497 e. The molecule has 2 heterocycles. The lowest BCUT2D eigenvalue weighted by Crippen LogP contribution is -2.35. The first-order valence-electron chi connectivity index (χ1n) is 9.92. The van der Waals surface area contributed by atoms with E-state index < -0.39 is 0 Å². The van der Waals surface area contributed by atoms with E-state index in [0.717, 1.165) is 50.6 Å². The molecule has 0 aliphatic carbocycles. The van der Waals surface area contributed by atoms with Gasteiger partial charge in [0.1, 0.15) is 5.75 Å².